The Morgan fingerprint density at radius 2 is 2.04 bits per heavy atom. The van der Waals surface area contributed by atoms with Gasteiger partial charge in [-0.3, -0.25) is 9.36 Å². The van der Waals surface area contributed by atoms with Crippen LogP contribution in [-0.2, 0) is 20.8 Å². The van der Waals surface area contributed by atoms with Gasteiger partial charge in [0.2, 0.25) is 0 Å². The van der Waals surface area contributed by atoms with Crippen LogP contribution in [0.4, 0.5) is 0 Å². The number of hydrogen-bond donors (Lipinski definition) is 0. The van der Waals surface area contributed by atoms with Gasteiger partial charge >= 0.3 is 5.97 Å². The van der Waals surface area contributed by atoms with Crippen molar-refractivity contribution in [3.05, 3.63) is 24.3 Å². The SMILES string of the molecule is COc1ccc(-c2nnc(SCOC(=O)C(C)(C)C)n2C[C@@H]2CCCO2)cc1. The zero-order valence-electron chi connectivity index (χ0n) is 16.8. The monoisotopic (exact) mass is 405 g/mol. The number of methoxy groups -OCH3 is 1. The fraction of sp³-hybridized carbons (Fsp3) is 0.550. The van der Waals surface area contributed by atoms with Gasteiger partial charge in [-0.05, 0) is 69.6 Å². The molecule has 0 unspecified atom stereocenters. The van der Waals surface area contributed by atoms with E-state index in [1.807, 2.05) is 49.6 Å². The van der Waals surface area contributed by atoms with Crippen LogP contribution in [0.25, 0.3) is 11.4 Å². The van der Waals surface area contributed by atoms with Crippen molar-refractivity contribution in [3.8, 4) is 17.1 Å². The Balaban J connectivity index is 1.78. The van der Waals surface area contributed by atoms with Crippen molar-refractivity contribution in [2.45, 2.75) is 51.4 Å². The predicted molar refractivity (Wildman–Crippen MR) is 107 cm³/mol. The molecule has 1 saturated heterocycles. The fourth-order valence-corrected chi connectivity index (χ4v) is 3.54. The predicted octanol–water partition coefficient (Wildman–Crippen LogP) is 3.77. The Morgan fingerprint density at radius 3 is 2.64 bits per heavy atom. The number of aromatic nitrogens is 3. The fourth-order valence-electron chi connectivity index (χ4n) is 2.86. The molecule has 1 fully saturated rings. The summed E-state index contributed by atoms with van der Waals surface area (Å²) in [5, 5.41) is 9.43. The summed E-state index contributed by atoms with van der Waals surface area (Å²) in [4.78, 5) is 12.0. The van der Waals surface area contributed by atoms with Gasteiger partial charge in [-0.2, -0.15) is 0 Å². The molecule has 0 saturated carbocycles. The first-order valence-corrected chi connectivity index (χ1v) is 10.4. The molecule has 0 N–H and O–H groups in total. The van der Waals surface area contributed by atoms with Crippen LogP contribution in [0.5, 0.6) is 5.75 Å². The average Bonchev–Trinajstić information content (AvgIpc) is 3.32. The van der Waals surface area contributed by atoms with Crippen molar-refractivity contribution >= 4 is 17.7 Å². The molecule has 1 aliphatic heterocycles. The van der Waals surface area contributed by atoms with Crippen molar-refractivity contribution in [1.29, 1.82) is 0 Å². The van der Waals surface area contributed by atoms with Crippen LogP contribution >= 0.6 is 11.8 Å². The lowest BCUT2D eigenvalue weighted by atomic mass is 9.98. The van der Waals surface area contributed by atoms with Gasteiger partial charge in [-0.1, -0.05) is 0 Å². The minimum atomic E-state index is -0.528. The van der Waals surface area contributed by atoms with Crippen molar-refractivity contribution in [3.63, 3.8) is 0 Å². The third-order valence-electron chi connectivity index (χ3n) is 4.47. The quantitative estimate of drug-likeness (QED) is 0.394. The van der Waals surface area contributed by atoms with Crippen molar-refractivity contribution < 1.29 is 19.0 Å². The van der Waals surface area contributed by atoms with Gasteiger partial charge in [-0.25, -0.2) is 0 Å². The molecule has 28 heavy (non-hydrogen) atoms. The minimum absolute atomic E-state index is 0.143. The Bertz CT molecular complexity index is 793. The van der Waals surface area contributed by atoms with E-state index in [4.69, 9.17) is 14.2 Å². The Kier molecular flexibility index (Phi) is 6.61. The highest BCUT2D eigenvalue weighted by molar-refractivity contribution is 7.99. The van der Waals surface area contributed by atoms with Crippen molar-refractivity contribution in [1.82, 2.24) is 14.8 Å². The normalized spacial score (nSPS) is 16.9. The molecule has 2 aromatic rings. The number of rotatable bonds is 7. The van der Waals surface area contributed by atoms with Gasteiger partial charge in [0.25, 0.3) is 0 Å². The van der Waals surface area contributed by atoms with Crippen molar-refractivity contribution in [2.24, 2.45) is 5.41 Å². The first kappa shape index (κ1) is 20.7. The molecule has 1 atom stereocenters. The standard InChI is InChI=1S/C20H27N3O4S/c1-20(2,3)18(24)27-13-28-19-22-21-17(14-7-9-15(25-4)10-8-14)23(19)12-16-6-5-11-26-16/h7-10,16H,5-6,11-13H2,1-4H3/t16-/m0/s1. The molecule has 0 aliphatic carbocycles. The average molecular weight is 406 g/mol. The van der Waals surface area contributed by atoms with E-state index < -0.39 is 5.41 Å². The number of carbonyl (C=O) groups is 1. The van der Waals surface area contributed by atoms with Crippen LogP contribution in [0, 0.1) is 5.41 Å². The van der Waals surface area contributed by atoms with Crippen molar-refractivity contribution in [2.75, 3.05) is 19.7 Å². The van der Waals surface area contributed by atoms with E-state index >= 15 is 0 Å². The summed E-state index contributed by atoms with van der Waals surface area (Å²) in [6.45, 7) is 6.96. The molecule has 1 aromatic carbocycles. The molecule has 0 bridgehead atoms. The largest absolute Gasteiger partial charge is 0.497 e. The van der Waals surface area contributed by atoms with E-state index in [0.29, 0.717) is 11.7 Å². The second-order valence-corrected chi connectivity index (χ2v) is 8.61. The van der Waals surface area contributed by atoms with Crippen LogP contribution < -0.4 is 4.74 Å². The Morgan fingerprint density at radius 1 is 1.29 bits per heavy atom. The lowest BCUT2D eigenvalue weighted by molar-refractivity contribution is -0.150. The Labute approximate surface area is 169 Å². The summed E-state index contributed by atoms with van der Waals surface area (Å²) in [6, 6.07) is 7.72. The van der Waals surface area contributed by atoms with E-state index in [-0.39, 0.29) is 18.0 Å². The number of thioether (sulfide) groups is 1. The van der Waals surface area contributed by atoms with Crippen LogP contribution in [0.15, 0.2) is 29.4 Å². The Hall–Kier alpha value is -2.06. The number of hydrogen-bond acceptors (Lipinski definition) is 7. The molecule has 1 aliphatic rings. The molecule has 0 radical (unpaired) electrons. The zero-order chi connectivity index (χ0) is 20.1. The number of carbonyl (C=O) groups excluding carboxylic acids is 1. The molecule has 1 aromatic heterocycles. The van der Waals surface area contributed by atoms with Crippen LogP contribution in [0.3, 0.4) is 0 Å². The smallest absolute Gasteiger partial charge is 0.312 e. The molecule has 0 spiro atoms. The van der Waals surface area contributed by atoms with E-state index in [1.165, 1.54) is 11.8 Å². The van der Waals surface area contributed by atoms with E-state index in [1.54, 1.807) is 7.11 Å². The third kappa shape index (κ3) is 5.05. The molecule has 0 amide bonds. The summed E-state index contributed by atoms with van der Waals surface area (Å²) >= 11 is 1.36. The summed E-state index contributed by atoms with van der Waals surface area (Å²) in [5.41, 5.74) is 0.421. The van der Waals surface area contributed by atoms with Gasteiger partial charge in [0.15, 0.2) is 11.0 Å². The molecule has 3 rings (SSSR count). The summed E-state index contributed by atoms with van der Waals surface area (Å²) < 4.78 is 18.5. The van der Waals surface area contributed by atoms with Gasteiger partial charge in [0.1, 0.15) is 11.7 Å². The first-order valence-electron chi connectivity index (χ1n) is 9.37. The summed E-state index contributed by atoms with van der Waals surface area (Å²) in [6.07, 6.45) is 2.23. The number of ether oxygens (including phenoxy) is 3. The van der Waals surface area contributed by atoms with Gasteiger partial charge in [0.05, 0.1) is 25.2 Å². The number of nitrogens with zero attached hydrogens (tertiary/aromatic N) is 3. The molecule has 2 heterocycles. The highest BCUT2D eigenvalue weighted by Crippen LogP contribution is 2.28. The molecular formula is C20H27N3O4S. The van der Waals surface area contributed by atoms with Gasteiger partial charge in [0, 0.05) is 12.2 Å². The van der Waals surface area contributed by atoms with Gasteiger partial charge < -0.3 is 14.2 Å². The maximum atomic E-state index is 12.0. The maximum absolute atomic E-state index is 12.0. The minimum Gasteiger partial charge on any atom is -0.497 e. The molecule has 152 valence electrons. The lowest BCUT2D eigenvalue weighted by Crippen LogP contribution is -2.23. The van der Waals surface area contributed by atoms with Gasteiger partial charge in [-0.15, -0.1) is 10.2 Å². The highest BCUT2D eigenvalue weighted by atomic mass is 32.2. The lowest BCUT2D eigenvalue weighted by Gasteiger charge is -2.17. The zero-order valence-corrected chi connectivity index (χ0v) is 17.6. The molecular weight excluding hydrogens is 378 g/mol. The van der Waals surface area contributed by atoms with Crippen LogP contribution in [0.1, 0.15) is 33.6 Å². The molecule has 7 nitrogen and oxygen atoms in total. The second-order valence-electron chi connectivity index (χ2n) is 7.72. The van der Waals surface area contributed by atoms with E-state index in [9.17, 15) is 4.79 Å². The third-order valence-corrected chi connectivity index (χ3v) is 5.26. The van der Waals surface area contributed by atoms with Crippen LogP contribution in [0.2, 0.25) is 0 Å². The number of esters is 1. The van der Waals surface area contributed by atoms with E-state index in [0.717, 1.165) is 36.6 Å². The topological polar surface area (TPSA) is 75.5 Å². The summed E-state index contributed by atoms with van der Waals surface area (Å²) in [7, 11) is 1.64. The summed E-state index contributed by atoms with van der Waals surface area (Å²) in [5.74, 6) is 1.52. The highest BCUT2D eigenvalue weighted by Gasteiger charge is 2.25. The molecule has 8 heteroatoms. The second kappa shape index (κ2) is 8.96. The van der Waals surface area contributed by atoms with E-state index in [2.05, 4.69) is 10.2 Å². The first-order chi connectivity index (χ1) is 13.4. The van der Waals surface area contributed by atoms with Crippen LogP contribution in [-0.4, -0.2) is 46.5 Å². The maximum Gasteiger partial charge on any atom is 0.312 e. The number of benzene rings is 1.